The molecule has 2 aromatic heterocycles. The van der Waals surface area contributed by atoms with E-state index >= 15 is 0 Å². The molecule has 1 aliphatic carbocycles. The molecular formula is C16H20ClIN4O3. The van der Waals surface area contributed by atoms with Gasteiger partial charge in [-0.2, -0.15) is 10.1 Å². The fourth-order valence-electron chi connectivity index (χ4n) is 2.87. The van der Waals surface area contributed by atoms with Crippen LogP contribution in [0.5, 0.6) is 5.88 Å². The van der Waals surface area contributed by atoms with E-state index in [1.807, 2.05) is 27.7 Å². The van der Waals surface area contributed by atoms with Gasteiger partial charge in [0.05, 0.1) is 16.0 Å². The molecular weight excluding hydrogens is 459 g/mol. The molecule has 7 nitrogen and oxygen atoms in total. The summed E-state index contributed by atoms with van der Waals surface area (Å²) < 4.78 is 14.0. The summed E-state index contributed by atoms with van der Waals surface area (Å²) in [7, 11) is 0. The molecule has 9 heteroatoms. The Labute approximate surface area is 164 Å². The highest BCUT2D eigenvalue weighted by Crippen LogP contribution is 2.38. The number of nitrogens with zero attached hydrogens (tertiary/aromatic N) is 3. The molecule has 136 valence electrons. The molecule has 0 unspecified atom stereocenters. The summed E-state index contributed by atoms with van der Waals surface area (Å²) in [5.74, 6) is 0.451. The van der Waals surface area contributed by atoms with Crippen LogP contribution in [0.4, 0.5) is 4.79 Å². The minimum Gasteiger partial charge on any atom is -0.470 e. The van der Waals surface area contributed by atoms with Gasteiger partial charge in [0.25, 0.3) is 0 Å². The number of hydrogen-bond acceptors (Lipinski definition) is 5. The van der Waals surface area contributed by atoms with Gasteiger partial charge in [0.2, 0.25) is 5.88 Å². The Hall–Kier alpha value is -1.29. The van der Waals surface area contributed by atoms with Crippen molar-refractivity contribution in [1.29, 1.82) is 0 Å². The summed E-state index contributed by atoms with van der Waals surface area (Å²) in [5, 5.41) is 7.41. The largest absolute Gasteiger partial charge is 0.470 e. The summed E-state index contributed by atoms with van der Waals surface area (Å²) in [4.78, 5) is 16.1. The van der Waals surface area contributed by atoms with Crippen molar-refractivity contribution in [3.05, 3.63) is 21.1 Å². The van der Waals surface area contributed by atoms with Gasteiger partial charge in [-0.3, -0.25) is 0 Å². The zero-order chi connectivity index (χ0) is 18.4. The van der Waals surface area contributed by atoms with Gasteiger partial charge < -0.3 is 14.8 Å². The molecule has 1 aliphatic rings. The highest BCUT2D eigenvalue weighted by Gasteiger charge is 2.44. The number of carbonyl (C=O) groups excluding carboxylic acids is 1. The number of amides is 1. The van der Waals surface area contributed by atoms with Gasteiger partial charge in [0.1, 0.15) is 16.7 Å². The van der Waals surface area contributed by atoms with Crippen LogP contribution in [0.2, 0.25) is 5.15 Å². The summed E-state index contributed by atoms with van der Waals surface area (Å²) in [6.07, 6.45) is 4.29. The number of carbonyl (C=O) groups is 1. The molecule has 1 fully saturated rings. The Morgan fingerprint density at radius 1 is 1.48 bits per heavy atom. The van der Waals surface area contributed by atoms with E-state index in [4.69, 9.17) is 21.1 Å². The van der Waals surface area contributed by atoms with E-state index < -0.39 is 17.3 Å². The van der Waals surface area contributed by atoms with Crippen LogP contribution in [0.3, 0.4) is 0 Å². The SMILES string of the molecule is CC(C)(C)OC(=O)N[C@H]1C[C@@](C)(Oc2nc(Cl)cn3ncc(I)c23)C1. The second-order valence-corrected chi connectivity index (χ2v) is 9.01. The second kappa shape index (κ2) is 6.46. The van der Waals surface area contributed by atoms with Gasteiger partial charge in [-0.1, -0.05) is 11.6 Å². The van der Waals surface area contributed by atoms with Crippen LogP contribution >= 0.6 is 34.2 Å². The monoisotopic (exact) mass is 478 g/mol. The molecule has 2 heterocycles. The molecule has 1 amide bonds. The first-order valence-corrected chi connectivity index (χ1v) is 9.38. The van der Waals surface area contributed by atoms with E-state index in [1.165, 1.54) is 0 Å². The van der Waals surface area contributed by atoms with Crippen molar-refractivity contribution in [3.63, 3.8) is 0 Å². The summed E-state index contributed by atoms with van der Waals surface area (Å²) in [5.41, 5.74) is -0.150. The lowest BCUT2D eigenvalue weighted by atomic mass is 9.77. The lowest BCUT2D eigenvalue weighted by molar-refractivity contribution is -0.0217. The van der Waals surface area contributed by atoms with Crippen molar-refractivity contribution >= 4 is 45.8 Å². The van der Waals surface area contributed by atoms with E-state index in [1.54, 1.807) is 16.9 Å². The lowest BCUT2D eigenvalue weighted by Gasteiger charge is -2.44. The van der Waals surface area contributed by atoms with Crippen molar-refractivity contribution in [2.75, 3.05) is 0 Å². The number of hydrogen-bond donors (Lipinski definition) is 1. The average Bonchev–Trinajstić information content (AvgIpc) is 2.76. The zero-order valence-electron chi connectivity index (χ0n) is 14.5. The minimum atomic E-state index is -0.511. The summed E-state index contributed by atoms with van der Waals surface area (Å²) in [6, 6.07) is 0.0130. The molecule has 0 aliphatic heterocycles. The summed E-state index contributed by atoms with van der Waals surface area (Å²) in [6.45, 7) is 7.50. The molecule has 1 N–H and O–H groups in total. The Bertz CT molecular complexity index is 812. The van der Waals surface area contributed by atoms with E-state index in [-0.39, 0.29) is 6.04 Å². The quantitative estimate of drug-likeness (QED) is 0.679. The molecule has 3 rings (SSSR count). The smallest absolute Gasteiger partial charge is 0.407 e. The maximum atomic E-state index is 11.8. The number of nitrogens with one attached hydrogen (secondary N) is 1. The molecule has 1 saturated carbocycles. The summed E-state index contributed by atoms with van der Waals surface area (Å²) >= 11 is 8.24. The van der Waals surface area contributed by atoms with E-state index in [0.29, 0.717) is 23.9 Å². The van der Waals surface area contributed by atoms with Gasteiger partial charge in [0.15, 0.2) is 5.15 Å². The second-order valence-electron chi connectivity index (χ2n) is 7.46. The number of fused-ring (bicyclic) bond motifs is 1. The van der Waals surface area contributed by atoms with Gasteiger partial charge in [-0.15, -0.1) is 0 Å². The van der Waals surface area contributed by atoms with E-state index in [2.05, 4.69) is 38.0 Å². The molecule has 0 bridgehead atoms. The van der Waals surface area contributed by atoms with Crippen molar-refractivity contribution in [2.24, 2.45) is 0 Å². The maximum Gasteiger partial charge on any atom is 0.407 e. The van der Waals surface area contributed by atoms with E-state index in [0.717, 1.165) is 9.09 Å². The number of alkyl carbamates (subject to hydrolysis) is 1. The van der Waals surface area contributed by atoms with Gasteiger partial charge in [-0.25, -0.2) is 9.31 Å². The van der Waals surface area contributed by atoms with Crippen LogP contribution in [0, 0.1) is 3.57 Å². The van der Waals surface area contributed by atoms with Crippen LogP contribution in [-0.4, -0.2) is 37.9 Å². The predicted octanol–water partition coefficient (Wildman–Crippen LogP) is 3.81. The van der Waals surface area contributed by atoms with Crippen LogP contribution < -0.4 is 10.1 Å². The normalized spacial score (nSPS) is 23.2. The van der Waals surface area contributed by atoms with Gasteiger partial charge in [0, 0.05) is 18.9 Å². The fourth-order valence-corrected chi connectivity index (χ4v) is 3.64. The first kappa shape index (κ1) is 18.5. The number of halogens is 2. The van der Waals surface area contributed by atoms with Crippen molar-refractivity contribution < 1.29 is 14.3 Å². The van der Waals surface area contributed by atoms with Crippen LogP contribution in [0.15, 0.2) is 12.4 Å². The molecule has 2 aromatic rings. The maximum absolute atomic E-state index is 11.8. The molecule has 0 atom stereocenters. The Balaban J connectivity index is 1.66. The third-order valence-electron chi connectivity index (χ3n) is 3.81. The highest BCUT2D eigenvalue weighted by molar-refractivity contribution is 14.1. The fraction of sp³-hybridized carbons (Fsp3) is 0.562. The Morgan fingerprint density at radius 2 is 2.16 bits per heavy atom. The number of ether oxygens (including phenoxy) is 2. The van der Waals surface area contributed by atoms with Crippen LogP contribution in [-0.2, 0) is 4.74 Å². The van der Waals surface area contributed by atoms with Crippen LogP contribution in [0.25, 0.3) is 5.52 Å². The zero-order valence-corrected chi connectivity index (χ0v) is 17.4. The predicted molar refractivity (Wildman–Crippen MR) is 102 cm³/mol. The van der Waals surface area contributed by atoms with Gasteiger partial charge in [-0.05, 0) is 50.3 Å². The number of rotatable bonds is 3. The molecule has 25 heavy (non-hydrogen) atoms. The average molecular weight is 479 g/mol. The molecule has 0 radical (unpaired) electrons. The lowest BCUT2D eigenvalue weighted by Crippen LogP contribution is -2.57. The third kappa shape index (κ3) is 4.28. The van der Waals surface area contributed by atoms with Crippen LogP contribution in [0.1, 0.15) is 40.5 Å². The van der Waals surface area contributed by atoms with E-state index in [9.17, 15) is 4.79 Å². The third-order valence-corrected chi connectivity index (χ3v) is 4.78. The number of aromatic nitrogens is 3. The van der Waals surface area contributed by atoms with Crippen molar-refractivity contribution in [3.8, 4) is 5.88 Å². The van der Waals surface area contributed by atoms with Crippen molar-refractivity contribution in [2.45, 2.75) is 57.8 Å². The minimum absolute atomic E-state index is 0.0130. The molecule has 0 spiro atoms. The Kier molecular flexibility index (Phi) is 4.78. The highest BCUT2D eigenvalue weighted by atomic mass is 127. The standard InChI is InChI=1S/C16H20ClIN4O3/c1-15(2,3)25-14(23)20-9-5-16(4,6-9)24-13-12-10(18)7-19-22(12)8-11(17)21-13/h7-9H,5-6H2,1-4H3,(H,20,23)/t9-,16+. The van der Waals surface area contributed by atoms with Gasteiger partial charge >= 0.3 is 6.09 Å². The first-order chi connectivity index (χ1) is 11.5. The van der Waals surface area contributed by atoms with Crippen molar-refractivity contribution in [1.82, 2.24) is 19.9 Å². The molecule has 0 aromatic carbocycles. The topological polar surface area (TPSA) is 77.8 Å². The Morgan fingerprint density at radius 3 is 2.80 bits per heavy atom. The molecule has 0 saturated heterocycles. The first-order valence-electron chi connectivity index (χ1n) is 7.93.